The number of rotatable bonds is 5. The molecular weight excluding hydrogens is 304 g/mol. The van der Waals surface area contributed by atoms with Crippen LogP contribution >= 0.6 is 0 Å². The van der Waals surface area contributed by atoms with Gasteiger partial charge in [0.15, 0.2) is 0 Å². The molecule has 2 atom stereocenters. The molecule has 2 saturated heterocycles. The minimum atomic E-state index is -0.284. The first-order valence-corrected chi connectivity index (χ1v) is 8.76. The average molecular weight is 330 g/mol. The highest BCUT2D eigenvalue weighted by Crippen LogP contribution is 2.40. The topological polar surface area (TPSA) is 49.9 Å². The lowest BCUT2D eigenvalue weighted by Crippen LogP contribution is -2.38. The highest BCUT2D eigenvalue weighted by molar-refractivity contribution is 5.90. The fourth-order valence-electron chi connectivity index (χ4n) is 3.94. The Balaban J connectivity index is 1.92. The number of ether oxygens (including phenoxy) is 1. The number of carbonyl (C=O) groups excluding carboxylic acids is 2. The van der Waals surface area contributed by atoms with Crippen LogP contribution in [0, 0.1) is 12.8 Å². The molecule has 0 spiro atoms. The summed E-state index contributed by atoms with van der Waals surface area (Å²) in [5.74, 6) is -0.0968. The molecule has 2 amide bonds. The average Bonchev–Trinajstić information content (AvgIpc) is 3.21. The maximum Gasteiger partial charge on any atom is 0.228 e. The number of hydrogen-bond donors (Lipinski definition) is 0. The van der Waals surface area contributed by atoms with E-state index in [-0.39, 0.29) is 23.8 Å². The van der Waals surface area contributed by atoms with E-state index >= 15 is 0 Å². The summed E-state index contributed by atoms with van der Waals surface area (Å²) < 4.78 is 5.17. The molecule has 0 N–H and O–H groups in total. The van der Waals surface area contributed by atoms with Crippen molar-refractivity contribution in [1.82, 2.24) is 9.80 Å². The van der Waals surface area contributed by atoms with E-state index in [9.17, 15) is 9.59 Å². The first kappa shape index (κ1) is 17.0. The zero-order chi connectivity index (χ0) is 17.1. The molecule has 5 nitrogen and oxygen atoms in total. The minimum absolute atomic E-state index is 0.0536. The van der Waals surface area contributed by atoms with Gasteiger partial charge in [-0.3, -0.25) is 9.59 Å². The summed E-state index contributed by atoms with van der Waals surface area (Å²) in [6, 6.07) is 7.89. The van der Waals surface area contributed by atoms with Crippen molar-refractivity contribution >= 4 is 11.8 Å². The quantitative estimate of drug-likeness (QED) is 0.831. The summed E-state index contributed by atoms with van der Waals surface area (Å²) in [7, 11) is 1.64. The Morgan fingerprint density at radius 3 is 2.62 bits per heavy atom. The van der Waals surface area contributed by atoms with Gasteiger partial charge in [0.1, 0.15) is 0 Å². The molecule has 0 aliphatic carbocycles. The fourth-order valence-corrected chi connectivity index (χ4v) is 3.94. The van der Waals surface area contributed by atoms with Crippen LogP contribution in [0.15, 0.2) is 24.3 Å². The van der Waals surface area contributed by atoms with Crippen LogP contribution in [0.5, 0.6) is 0 Å². The SMILES string of the molecule is COCCN1C(=O)C[C@@H](C(=O)N2CCCC2)[C@@H]1c1ccccc1C. The van der Waals surface area contributed by atoms with Gasteiger partial charge in [0.05, 0.1) is 18.6 Å². The van der Waals surface area contributed by atoms with Gasteiger partial charge in [-0.25, -0.2) is 0 Å². The van der Waals surface area contributed by atoms with E-state index in [1.807, 2.05) is 41.0 Å². The van der Waals surface area contributed by atoms with Crippen LogP contribution in [0.3, 0.4) is 0 Å². The molecule has 2 heterocycles. The molecule has 2 aliphatic rings. The first-order valence-electron chi connectivity index (χ1n) is 8.76. The number of likely N-dealkylation sites (tertiary alicyclic amines) is 2. The van der Waals surface area contributed by atoms with E-state index in [4.69, 9.17) is 4.74 Å². The summed E-state index contributed by atoms with van der Waals surface area (Å²) in [5, 5.41) is 0. The van der Waals surface area contributed by atoms with E-state index in [1.54, 1.807) is 7.11 Å². The van der Waals surface area contributed by atoms with Gasteiger partial charge in [0.2, 0.25) is 11.8 Å². The second-order valence-corrected chi connectivity index (χ2v) is 6.72. The van der Waals surface area contributed by atoms with Crippen LogP contribution in [0.4, 0.5) is 0 Å². The number of nitrogens with zero attached hydrogens (tertiary/aromatic N) is 2. The summed E-state index contributed by atoms with van der Waals surface area (Å²) in [5.41, 5.74) is 2.20. The Morgan fingerprint density at radius 2 is 1.96 bits per heavy atom. The maximum absolute atomic E-state index is 13.0. The number of amides is 2. The Morgan fingerprint density at radius 1 is 1.25 bits per heavy atom. The third kappa shape index (κ3) is 3.18. The number of hydrogen-bond acceptors (Lipinski definition) is 3. The van der Waals surface area contributed by atoms with Crippen LogP contribution in [-0.2, 0) is 14.3 Å². The Kier molecular flexibility index (Phi) is 5.19. The Hall–Kier alpha value is -1.88. The van der Waals surface area contributed by atoms with Crippen LogP contribution in [0.1, 0.15) is 36.4 Å². The molecule has 0 saturated carbocycles. The zero-order valence-electron chi connectivity index (χ0n) is 14.5. The lowest BCUT2D eigenvalue weighted by molar-refractivity contribution is -0.135. The van der Waals surface area contributed by atoms with Gasteiger partial charge in [-0.05, 0) is 30.9 Å². The molecule has 0 aromatic heterocycles. The number of benzene rings is 1. The molecule has 5 heteroatoms. The van der Waals surface area contributed by atoms with Gasteiger partial charge >= 0.3 is 0 Å². The van der Waals surface area contributed by atoms with Gasteiger partial charge in [0, 0.05) is 33.2 Å². The van der Waals surface area contributed by atoms with Crippen molar-refractivity contribution < 1.29 is 14.3 Å². The van der Waals surface area contributed by atoms with E-state index in [2.05, 4.69) is 0 Å². The summed E-state index contributed by atoms with van der Waals surface area (Å²) >= 11 is 0. The van der Waals surface area contributed by atoms with Gasteiger partial charge in [-0.2, -0.15) is 0 Å². The number of aryl methyl sites for hydroxylation is 1. The monoisotopic (exact) mass is 330 g/mol. The largest absolute Gasteiger partial charge is 0.383 e. The van der Waals surface area contributed by atoms with Crippen molar-refractivity contribution in [2.45, 2.75) is 32.2 Å². The molecule has 0 radical (unpaired) electrons. The maximum atomic E-state index is 13.0. The third-order valence-electron chi connectivity index (χ3n) is 5.21. The lowest BCUT2D eigenvalue weighted by Gasteiger charge is -2.31. The van der Waals surface area contributed by atoms with Crippen LogP contribution in [0.25, 0.3) is 0 Å². The second-order valence-electron chi connectivity index (χ2n) is 6.72. The van der Waals surface area contributed by atoms with Crippen molar-refractivity contribution in [3.05, 3.63) is 35.4 Å². The summed E-state index contributed by atoms with van der Waals surface area (Å²) in [4.78, 5) is 29.4. The van der Waals surface area contributed by atoms with Gasteiger partial charge < -0.3 is 14.5 Å². The third-order valence-corrected chi connectivity index (χ3v) is 5.21. The van der Waals surface area contributed by atoms with E-state index < -0.39 is 0 Å². The molecule has 2 fully saturated rings. The smallest absolute Gasteiger partial charge is 0.228 e. The predicted molar refractivity (Wildman–Crippen MR) is 91.4 cm³/mol. The van der Waals surface area contributed by atoms with Crippen molar-refractivity contribution in [3.8, 4) is 0 Å². The second kappa shape index (κ2) is 7.34. The highest BCUT2D eigenvalue weighted by Gasteiger charge is 2.46. The number of carbonyl (C=O) groups is 2. The summed E-state index contributed by atoms with van der Waals surface area (Å²) in [6.07, 6.45) is 2.43. The van der Waals surface area contributed by atoms with Crippen molar-refractivity contribution in [3.63, 3.8) is 0 Å². The molecule has 3 rings (SSSR count). The Labute approximate surface area is 143 Å². The zero-order valence-corrected chi connectivity index (χ0v) is 14.5. The van der Waals surface area contributed by atoms with Gasteiger partial charge in [-0.15, -0.1) is 0 Å². The normalized spacial score (nSPS) is 24.0. The molecule has 1 aromatic carbocycles. The molecule has 130 valence electrons. The van der Waals surface area contributed by atoms with E-state index in [0.29, 0.717) is 19.6 Å². The van der Waals surface area contributed by atoms with E-state index in [1.165, 1.54) is 0 Å². The lowest BCUT2D eigenvalue weighted by atomic mass is 9.90. The first-order chi connectivity index (χ1) is 11.6. The minimum Gasteiger partial charge on any atom is -0.383 e. The highest BCUT2D eigenvalue weighted by atomic mass is 16.5. The van der Waals surface area contributed by atoms with Gasteiger partial charge in [0.25, 0.3) is 0 Å². The Bertz CT molecular complexity index is 610. The molecule has 0 unspecified atom stereocenters. The molecule has 0 bridgehead atoms. The van der Waals surface area contributed by atoms with Crippen LogP contribution < -0.4 is 0 Å². The summed E-state index contributed by atoms with van der Waals surface area (Å²) in [6.45, 7) is 4.70. The van der Waals surface area contributed by atoms with Crippen molar-refractivity contribution in [2.24, 2.45) is 5.92 Å². The van der Waals surface area contributed by atoms with E-state index in [0.717, 1.165) is 37.1 Å². The standard InChI is InChI=1S/C19H26N2O3/c1-14-7-3-4-8-15(14)18-16(19(23)20-9-5-6-10-20)13-17(22)21(18)11-12-24-2/h3-4,7-8,16,18H,5-6,9-13H2,1-2H3/t16-,18+/m1/s1. The predicted octanol–water partition coefficient (Wildman–Crippen LogP) is 2.15. The van der Waals surface area contributed by atoms with Gasteiger partial charge in [-0.1, -0.05) is 24.3 Å². The molecule has 2 aliphatic heterocycles. The van der Waals surface area contributed by atoms with Crippen LogP contribution in [0.2, 0.25) is 0 Å². The number of methoxy groups -OCH3 is 1. The van der Waals surface area contributed by atoms with Crippen molar-refractivity contribution in [1.29, 1.82) is 0 Å². The van der Waals surface area contributed by atoms with Crippen LogP contribution in [-0.4, -0.2) is 55.0 Å². The molecule has 1 aromatic rings. The molecule has 24 heavy (non-hydrogen) atoms. The fraction of sp³-hybridized carbons (Fsp3) is 0.579. The molecular formula is C19H26N2O3. The van der Waals surface area contributed by atoms with Crippen molar-refractivity contribution in [2.75, 3.05) is 33.4 Å².